The molecular formula is C20H22ClNO5. The molecule has 0 radical (unpaired) electrons. The molecule has 1 atom stereocenters. The standard InChI is InChI=1S/C20H22ClNO5/c1-24-17-9-19(26-3)18(25-2)8-13(17)10-22-20(23)14-6-12-7-15(21)4-5-16(12)27-11-14/h4-5,7-9,14H,6,10-11H2,1-3H3,(H,22,23). The molecule has 2 aromatic carbocycles. The fourth-order valence-electron chi connectivity index (χ4n) is 3.09. The number of carbonyl (C=O) groups excluding carboxylic acids is 1. The van der Waals surface area contributed by atoms with E-state index in [0.29, 0.717) is 41.8 Å². The molecule has 1 aliphatic heterocycles. The number of amides is 1. The first-order valence-electron chi connectivity index (χ1n) is 8.53. The molecule has 0 fully saturated rings. The molecular weight excluding hydrogens is 370 g/mol. The van der Waals surface area contributed by atoms with Crippen LogP contribution < -0.4 is 24.3 Å². The van der Waals surface area contributed by atoms with Gasteiger partial charge in [-0.15, -0.1) is 0 Å². The minimum absolute atomic E-state index is 0.0857. The summed E-state index contributed by atoms with van der Waals surface area (Å²) in [6.45, 7) is 0.644. The summed E-state index contributed by atoms with van der Waals surface area (Å²) >= 11 is 6.04. The van der Waals surface area contributed by atoms with Gasteiger partial charge in [-0.2, -0.15) is 0 Å². The Morgan fingerprint density at radius 1 is 1.11 bits per heavy atom. The maximum atomic E-state index is 12.6. The second-order valence-corrected chi connectivity index (χ2v) is 6.64. The van der Waals surface area contributed by atoms with Crippen LogP contribution in [-0.2, 0) is 17.8 Å². The van der Waals surface area contributed by atoms with Gasteiger partial charge in [0.05, 0.1) is 27.2 Å². The highest BCUT2D eigenvalue weighted by Crippen LogP contribution is 2.35. The van der Waals surface area contributed by atoms with Crippen LogP contribution in [-0.4, -0.2) is 33.8 Å². The molecule has 2 aromatic rings. The summed E-state index contributed by atoms with van der Waals surface area (Å²) in [5.74, 6) is 2.18. The Labute approximate surface area is 163 Å². The SMILES string of the molecule is COc1cc(OC)c(OC)cc1CNC(=O)C1COc2ccc(Cl)cc2C1. The first kappa shape index (κ1) is 19.2. The lowest BCUT2D eigenvalue weighted by Gasteiger charge is -2.25. The Morgan fingerprint density at radius 2 is 1.81 bits per heavy atom. The number of hydrogen-bond donors (Lipinski definition) is 1. The smallest absolute Gasteiger partial charge is 0.227 e. The van der Waals surface area contributed by atoms with Gasteiger partial charge in [-0.1, -0.05) is 11.6 Å². The summed E-state index contributed by atoms with van der Waals surface area (Å²) in [5, 5.41) is 3.58. The molecule has 1 N–H and O–H groups in total. The van der Waals surface area contributed by atoms with E-state index in [1.54, 1.807) is 39.5 Å². The van der Waals surface area contributed by atoms with E-state index in [1.807, 2.05) is 12.1 Å². The van der Waals surface area contributed by atoms with E-state index >= 15 is 0 Å². The molecule has 1 heterocycles. The van der Waals surface area contributed by atoms with Crippen molar-refractivity contribution in [3.05, 3.63) is 46.5 Å². The molecule has 0 aromatic heterocycles. The second-order valence-electron chi connectivity index (χ2n) is 6.20. The number of rotatable bonds is 6. The summed E-state index contributed by atoms with van der Waals surface area (Å²) in [4.78, 5) is 12.6. The molecule has 0 bridgehead atoms. The number of fused-ring (bicyclic) bond motifs is 1. The van der Waals surface area contributed by atoms with Crippen molar-refractivity contribution in [2.75, 3.05) is 27.9 Å². The minimum Gasteiger partial charge on any atom is -0.496 e. The number of benzene rings is 2. The van der Waals surface area contributed by atoms with Crippen LogP contribution >= 0.6 is 11.6 Å². The fourth-order valence-corrected chi connectivity index (χ4v) is 3.28. The predicted octanol–water partition coefficient (Wildman–Crippen LogP) is 3.23. The average Bonchev–Trinajstić information content (AvgIpc) is 2.70. The van der Waals surface area contributed by atoms with E-state index in [1.165, 1.54) is 0 Å². The van der Waals surface area contributed by atoms with Crippen molar-refractivity contribution in [2.24, 2.45) is 5.92 Å². The quantitative estimate of drug-likeness (QED) is 0.818. The van der Waals surface area contributed by atoms with Crippen molar-refractivity contribution < 1.29 is 23.7 Å². The van der Waals surface area contributed by atoms with E-state index in [4.69, 9.17) is 30.5 Å². The van der Waals surface area contributed by atoms with Crippen molar-refractivity contribution >= 4 is 17.5 Å². The van der Waals surface area contributed by atoms with E-state index in [-0.39, 0.29) is 11.8 Å². The molecule has 27 heavy (non-hydrogen) atoms. The zero-order valence-corrected chi connectivity index (χ0v) is 16.3. The highest BCUT2D eigenvalue weighted by atomic mass is 35.5. The molecule has 3 rings (SSSR count). The first-order valence-corrected chi connectivity index (χ1v) is 8.91. The van der Waals surface area contributed by atoms with Crippen LogP contribution in [0.2, 0.25) is 5.02 Å². The van der Waals surface area contributed by atoms with Crippen molar-refractivity contribution in [2.45, 2.75) is 13.0 Å². The van der Waals surface area contributed by atoms with Gasteiger partial charge in [-0.3, -0.25) is 4.79 Å². The molecule has 6 nitrogen and oxygen atoms in total. The molecule has 0 saturated carbocycles. The number of carbonyl (C=O) groups is 1. The van der Waals surface area contributed by atoms with E-state index in [0.717, 1.165) is 16.9 Å². The maximum Gasteiger partial charge on any atom is 0.227 e. The lowest BCUT2D eigenvalue weighted by Crippen LogP contribution is -2.37. The first-order chi connectivity index (χ1) is 13.0. The van der Waals surface area contributed by atoms with Crippen molar-refractivity contribution in [1.82, 2.24) is 5.32 Å². The predicted molar refractivity (Wildman–Crippen MR) is 102 cm³/mol. The van der Waals surface area contributed by atoms with Gasteiger partial charge < -0.3 is 24.3 Å². The Hall–Kier alpha value is -2.60. The Morgan fingerprint density at radius 3 is 2.52 bits per heavy atom. The van der Waals surface area contributed by atoms with E-state index < -0.39 is 0 Å². The third-order valence-electron chi connectivity index (χ3n) is 4.54. The Bertz CT molecular complexity index is 839. The highest BCUT2D eigenvalue weighted by molar-refractivity contribution is 6.30. The number of ether oxygens (including phenoxy) is 4. The van der Waals surface area contributed by atoms with Crippen LogP contribution in [0.5, 0.6) is 23.0 Å². The maximum absolute atomic E-state index is 12.6. The van der Waals surface area contributed by atoms with Crippen LogP contribution in [0.3, 0.4) is 0 Å². The molecule has 1 amide bonds. The number of halogens is 1. The topological polar surface area (TPSA) is 66.0 Å². The summed E-state index contributed by atoms with van der Waals surface area (Å²) in [6, 6.07) is 8.99. The van der Waals surface area contributed by atoms with Gasteiger partial charge in [0, 0.05) is 23.2 Å². The van der Waals surface area contributed by atoms with Crippen LogP contribution in [0.15, 0.2) is 30.3 Å². The van der Waals surface area contributed by atoms with Gasteiger partial charge >= 0.3 is 0 Å². The average molecular weight is 392 g/mol. The van der Waals surface area contributed by atoms with E-state index in [2.05, 4.69) is 5.32 Å². The zero-order chi connectivity index (χ0) is 19.4. The number of nitrogens with one attached hydrogen (secondary N) is 1. The Kier molecular flexibility index (Phi) is 5.96. The third-order valence-corrected chi connectivity index (χ3v) is 4.77. The van der Waals surface area contributed by atoms with Crippen LogP contribution in [0.25, 0.3) is 0 Å². The Balaban J connectivity index is 1.69. The van der Waals surface area contributed by atoms with Gasteiger partial charge in [-0.25, -0.2) is 0 Å². The van der Waals surface area contributed by atoms with Gasteiger partial charge in [0.15, 0.2) is 11.5 Å². The van der Waals surface area contributed by atoms with Crippen molar-refractivity contribution in [3.63, 3.8) is 0 Å². The van der Waals surface area contributed by atoms with Gasteiger partial charge in [0.25, 0.3) is 0 Å². The summed E-state index contributed by atoms with van der Waals surface area (Å²) < 4.78 is 21.7. The molecule has 0 spiro atoms. The van der Waals surface area contributed by atoms with Gasteiger partial charge in [-0.05, 0) is 36.2 Å². The molecule has 1 aliphatic rings. The van der Waals surface area contributed by atoms with Crippen LogP contribution in [0.1, 0.15) is 11.1 Å². The zero-order valence-electron chi connectivity index (χ0n) is 15.5. The number of methoxy groups -OCH3 is 3. The minimum atomic E-state index is -0.276. The van der Waals surface area contributed by atoms with Gasteiger partial charge in [0.1, 0.15) is 18.1 Å². The fraction of sp³-hybridized carbons (Fsp3) is 0.350. The summed E-state index contributed by atoms with van der Waals surface area (Å²) in [6.07, 6.45) is 0.588. The van der Waals surface area contributed by atoms with E-state index in [9.17, 15) is 4.79 Å². The highest BCUT2D eigenvalue weighted by Gasteiger charge is 2.26. The molecule has 1 unspecified atom stereocenters. The lowest BCUT2D eigenvalue weighted by molar-refractivity contribution is -0.126. The lowest BCUT2D eigenvalue weighted by atomic mass is 9.96. The van der Waals surface area contributed by atoms with Crippen LogP contribution in [0.4, 0.5) is 0 Å². The molecule has 0 aliphatic carbocycles. The summed E-state index contributed by atoms with van der Waals surface area (Å²) in [7, 11) is 4.70. The third kappa shape index (κ3) is 4.22. The van der Waals surface area contributed by atoms with Crippen molar-refractivity contribution in [3.8, 4) is 23.0 Å². The molecule has 7 heteroatoms. The largest absolute Gasteiger partial charge is 0.496 e. The molecule has 144 valence electrons. The van der Waals surface area contributed by atoms with Crippen molar-refractivity contribution in [1.29, 1.82) is 0 Å². The molecule has 0 saturated heterocycles. The second kappa shape index (κ2) is 8.39. The normalized spacial score (nSPS) is 15.3. The van der Waals surface area contributed by atoms with Gasteiger partial charge in [0.2, 0.25) is 5.91 Å². The number of hydrogen-bond acceptors (Lipinski definition) is 5. The summed E-state index contributed by atoms with van der Waals surface area (Å²) in [5.41, 5.74) is 1.74. The van der Waals surface area contributed by atoms with Crippen LogP contribution in [0, 0.1) is 5.92 Å². The monoisotopic (exact) mass is 391 g/mol.